The van der Waals surface area contributed by atoms with Gasteiger partial charge in [-0.15, -0.1) is 0 Å². The maximum Gasteiger partial charge on any atom is 1.00 e. The summed E-state index contributed by atoms with van der Waals surface area (Å²) in [4.78, 5) is -0.195. The molecular weight excluding hydrogens is 213 g/mol. The Hall–Kier alpha value is -0.0700. The van der Waals surface area contributed by atoms with Crippen LogP contribution in [0.5, 0.6) is 0 Å². The molecule has 6 heteroatoms. The van der Waals surface area contributed by atoms with Gasteiger partial charge < -0.3 is 10.3 Å². The van der Waals surface area contributed by atoms with Crippen LogP contribution < -0.4 is 35.3 Å². The van der Waals surface area contributed by atoms with Gasteiger partial charge in [-0.05, 0) is 37.1 Å². The van der Waals surface area contributed by atoms with Crippen LogP contribution in [0.1, 0.15) is 11.1 Å². The maximum atomic E-state index is 10.7. The molecule has 0 aromatic heterocycles. The molecule has 0 unspecified atom stereocenters. The molecule has 0 amide bonds. The Morgan fingerprint density at radius 3 is 2.14 bits per heavy atom. The molecule has 14 heavy (non-hydrogen) atoms. The molecule has 0 aliphatic rings. The van der Waals surface area contributed by atoms with Gasteiger partial charge in [0.1, 0.15) is 10.1 Å². The van der Waals surface area contributed by atoms with Gasteiger partial charge in [0, 0.05) is 5.69 Å². The number of benzene rings is 1. The number of nitrogen functional groups attached to an aromatic ring is 1. The van der Waals surface area contributed by atoms with Crippen molar-refractivity contribution < 1.29 is 42.5 Å². The Morgan fingerprint density at radius 1 is 1.21 bits per heavy atom. The zero-order chi connectivity index (χ0) is 10.2. The van der Waals surface area contributed by atoms with Gasteiger partial charge in [0.15, 0.2) is 0 Å². The van der Waals surface area contributed by atoms with Crippen molar-refractivity contribution in [3.8, 4) is 0 Å². The van der Waals surface area contributed by atoms with Gasteiger partial charge in [0.25, 0.3) is 0 Å². The average molecular weight is 223 g/mol. The Morgan fingerprint density at radius 2 is 1.71 bits per heavy atom. The minimum absolute atomic E-state index is 0. The van der Waals surface area contributed by atoms with Crippen LogP contribution in [-0.4, -0.2) is 13.0 Å². The first kappa shape index (κ1) is 13.9. The molecule has 0 aliphatic carbocycles. The third kappa shape index (κ3) is 2.96. The number of hydrogen-bond acceptors (Lipinski definition) is 4. The minimum atomic E-state index is -4.38. The number of nitrogens with two attached hydrogens (primary N) is 1. The van der Waals surface area contributed by atoms with Crippen molar-refractivity contribution in [2.45, 2.75) is 18.7 Å². The average Bonchev–Trinajstić information content (AvgIpc) is 1.94. The van der Waals surface area contributed by atoms with E-state index in [1.54, 1.807) is 13.8 Å². The third-order valence-corrected chi connectivity index (χ3v) is 2.81. The number of hydrogen-bond donors (Lipinski definition) is 1. The first-order valence-corrected chi connectivity index (χ1v) is 5.06. The second kappa shape index (κ2) is 4.63. The molecule has 0 bridgehead atoms. The first-order valence-electron chi connectivity index (χ1n) is 3.65. The summed E-state index contributed by atoms with van der Waals surface area (Å²) in [5, 5.41) is 0. The molecule has 1 aromatic rings. The molecule has 2 N–H and O–H groups in total. The van der Waals surface area contributed by atoms with E-state index in [-0.39, 0.29) is 34.5 Å². The molecule has 0 saturated heterocycles. The summed E-state index contributed by atoms with van der Waals surface area (Å²) < 4.78 is 32.2. The molecule has 1 rings (SSSR count). The second-order valence-corrected chi connectivity index (χ2v) is 4.28. The molecule has 4 nitrogen and oxygen atoms in total. The van der Waals surface area contributed by atoms with Gasteiger partial charge in [-0.3, -0.25) is 0 Å². The van der Waals surface area contributed by atoms with Crippen LogP contribution >= 0.6 is 0 Å². The van der Waals surface area contributed by atoms with Gasteiger partial charge >= 0.3 is 29.6 Å². The fourth-order valence-electron chi connectivity index (χ4n) is 1.08. The fraction of sp³-hybridized carbons (Fsp3) is 0.250. The Kier molecular flexibility index (Phi) is 4.61. The number of anilines is 1. The zero-order valence-corrected chi connectivity index (χ0v) is 11.2. The minimum Gasteiger partial charge on any atom is -0.744 e. The number of rotatable bonds is 1. The maximum absolute atomic E-state index is 10.7. The molecule has 0 heterocycles. The monoisotopic (exact) mass is 223 g/mol. The van der Waals surface area contributed by atoms with E-state index in [0.29, 0.717) is 16.8 Å². The third-order valence-electron chi connectivity index (χ3n) is 1.83. The van der Waals surface area contributed by atoms with E-state index in [2.05, 4.69) is 0 Å². The normalized spacial score (nSPS) is 10.8. The summed E-state index contributed by atoms with van der Waals surface area (Å²) in [6.07, 6.45) is 0. The Labute approximate surface area is 106 Å². The van der Waals surface area contributed by atoms with Crippen LogP contribution in [0.4, 0.5) is 5.69 Å². The van der Waals surface area contributed by atoms with Crippen molar-refractivity contribution in [2.75, 3.05) is 5.73 Å². The van der Waals surface area contributed by atoms with Crippen molar-refractivity contribution in [3.63, 3.8) is 0 Å². The van der Waals surface area contributed by atoms with E-state index in [0.717, 1.165) is 0 Å². The van der Waals surface area contributed by atoms with Crippen molar-refractivity contribution >= 4 is 15.8 Å². The predicted octanol–water partition coefficient (Wildman–Crippen LogP) is -2.21. The molecule has 0 aliphatic heterocycles. The Bertz CT molecular complexity index is 442. The van der Waals surface area contributed by atoms with E-state index in [1.807, 2.05) is 0 Å². The van der Waals surface area contributed by atoms with Crippen LogP contribution in [0.2, 0.25) is 0 Å². The largest absolute Gasteiger partial charge is 1.00 e. The van der Waals surface area contributed by atoms with Crippen molar-refractivity contribution in [1.82, 2.24) is 0 Å². The first-order chi connectivity index (χ1) is 5.82. The molecule has 0 saturated carbocycles. The summed E-state index contributed by atoms with van der Waals surface area (Å²) in [7, 11) is -4.38. The van der Waals surface area contributed by atoms with Crippen molar-refractivity contribution in [1.29, 1.82) is 0 Å². The van der Waals surface area contributed by atoms with Gasteiger partial charge in [0.05, 0.1) is 4.90 Å². The van der Waals surface area contributed by atoms with Gasteiger partial charge in [0.2, 0.25) is 0 Å². The molecular formula is C8H10NNaO3S. The molecule has 0 fully saturated rings. The summed E-state index contributed by atoms with van der Waals surface area (Å²) in [5.41, 5.74) is 7.01. The smallest absolute Gasteiger partial charge is 0.744 e. The van der Waals surface area contributed by atoms with E-state index in [4.69, 9.17) is 5.73 Å². The topological polar surface area (TPSA) is 83.2 Å². The van der Waals surface area contributed by atoms with Crippen LogP contribution in [0.3, 0.4) is 0 Å². The summed E-state index contributed by atoms with van der Waals surface area (Å²) >= 11 is 0. The second-order valence-electron chi connectivity index (χ2n) is 2.93. The summed E-state index contributed by atoms with van der Waals surface area (Å²) in [6, 6.07) is 2.78. The van der Waals surface area contributed by atoms with Gasteiger partial charge in [-0.2, -0.15) is 0 Å². The predicted molar refractivity (Wildman–Crippen MR) is 48.3 cm³/mol. The number of aryl methyl sites for hydroxylation is 2. The summed E-state index contributed by atoms with van der Waals surface area (Å²) in [5.74, 6) is 0. The molecule has 0 spiro atoms. The van der Waals surface area contributed by atoms with Crippen LogP contribution in [0.25, 0.3) is 0 Å². The molecule has 1 aromatic carbocycles. The standard InChI is InChI=1S/C8H11NO3S.Na/c1-5-4-8(13(10,11)12)6(2)3-7(5)9;/h3-4H,9H2,1-2H3,(H,10,11,12);/q;+1/p-1. The molecule has 0 atom stereocenters. The SMILES string of the molecule is Cc1cc(S(=O)(=O)[O-])c(C)cc1N.[Na+]. The Balaban J connectivity index is 0.00000169. The van der Waals surface area contributed by atoms with Crippen LogP contribution in [0, 0.1) is 13.8 Å². The van der Waals surface area contributed by atoms with E-state index in [1.165, 1.54) is 12.1 Å². The fourth-order valence-corrected chi connectivity index (χ4v) is 1.86. The zero-order valence-electron chi connectivity index (χ0n) is 8.37. The molecule has 0 radical (unpaired) electrons. The molecule has 72 valence electrons. The van der Waals surface area contributed by atoms with E-state index < -0.39 is 10.1 Å². The van der Waals surface area contributed by atoms with Crippen molar-refractivity contribution in [3.05, 3.63) is 23.3 Å². The van der Waals surface area contributed by atoms with E-state index in [9.17, 15) is 13.0 Å². The van der Waals surface area contributed by atoms with Gasteiger partial charge in [-0.1, -0.05) is 0 Å². The summed E-state index contributed by atoms with van der Waals surface area (Å²) in [6.45, 7) is 3.20. The van der Waals surface area contributed by atoms with Gasteiger partial charge in [-0.25, -0.2) is 8.42 Å². The quantitative estimate of drug-likeness (QED) is 0.332. The van der Waals surface area contributed by atoms with Crippen LogP contribution in [0.15, 0.2) is 17.0 Å². The van der Waals surface area contributed by atoms with Crippen LogP contribution in [-0.2, 0) is 10.1 Å². The van der Waals surface area contributed by atoms with E-state index >= 15 is 0 Å². The van der Waals surface area contributed by atoms with Crippen molar-refractivity contribution in [2.24, 2.45) is 0 Å².